The van der Waals surface area contributed by atoms with Crippen LogP contribution in [0.2, 0.25) is 5.02 Å². The molecule has 9 nitrogen and oxygen atoms in total. The highest BCUT2D eigenvalue weighted by molar-refractivity contribution is 6.30. The molecule has 4 heterocycles. The predicted molar refractivity (Wildman–Crippen MR) is 153 cm³/mol. The van der Waals surface area contributed by atoms with Crippen molar-refractivity contribution in [2.24, 2.45) is 0 Å². The van der Waals surface area contributed by atoms with Gasteiger partial charge in [-0.2, -0.15) is 0 Å². The Kier molecular flexibility index (Phi) is 7.20. The molecule has 0 spiro atoms. The normalized spacial score (nSPS) is 13.5. The molecule has 0 radical (unpaired) electrons. The lowest BCUT2D eigenvalue weighted by atomic mass is 10.0. The number of hydrogen-bond donors (Lipinski definition) is 1. The number of aromatic amines is 1. The number of piperazine rings is 1. The molecule has 0 unspecified atom stereocenters. The first-order chi connectivity index (χ1) is 19.6. The van der Waals surface area contributed by atoms with Crippen molar-refractivity contribution in [3.63, 3.8) is 0 Å². The van der Waals surface area contributed by atoms with E-state index in [9.17, 15) is 9.59 Å². The summed E-state index contributed by atoms with van der Waals surface area (Å²) >= 11 is 6.13. The number of nitrogens with zero attached hydrogens (tertiary/aromatic N) is 5. The summed E-state index contributed by atoms with van der Waals surface area (Å²) in [5.41, 5.74) is 5.09. The molecule has 2 amide bonds. The minimum Gasteiger partial charge on any atom is -0.445 e. The molecule has 0 saturated carbocycles. The minimum absolute atomic E-state index is 0.0435. The number of carbonyl (C=O) groups excluding carboxylic acids is 2. The number of carbonyl (C=O) groups is 2. The average Bonchev–Trinajstić information content (AvgIpc) is 3.64. The summed E-state index contributed by atoms with van der Waals surface area (Å²) in [5, 5.41) is 1.58. The maximum absolute atomic E-state index is 13.4. The first kappa shape index (κ1) is 25.6. The van der Waals surface area contributed by atoms with Gasteiger partial charge in [0.05, 0.1) is 17.7 Å². The first-order valence-electron chi connectivity index (χ1n) is 13.0. The molecule has 3 aromatic heterocycles. The molecule has 0 aliphatic carbocycles. The third-order valence-corrected chi connectivity index (χ3v) is 7.32. The quantitative estimate of drug-likeness (QED) is 0.310. The van der Waals surface area contributed by atoms with Crippen molar-refractivity contribution < 1.29 is 14.3 Å². The van der Waals surface area contributed by atoms with Gasteiger partial charge in [0.25, 0.3) is 0 Å². The van der Waals surface area contributed by atoms with E-state index < -0.39 is 0 Å². The van der Waals surface area contributed by atoms with Gasteiger partial charge in [-0.3, -0.25) is 4.79 Å². The zero-order chi connectivity index (χ0) is 27.5. The summed E-state index contributed by atoms with van der Waals surface area (Å²) in [7, 11) is 0. The lowest BCUT2D eigenvalue weighted by Crippen LogP contribution is -2.51. The van der Waals surface area contributed by atoms with E-state index in [1.807, 2.05) is 77.5 Å². The Bertz CT molecular complexity index is 1640. The summed E-state index contributed by atoms with van der Waals surface area (Å²) in [6.45, 7) is 2.04. The molecule has 5 aromatic rings. The molecule has 2 aromatic carbocycles. The van der Waals surface area contributed by atoms with Crippen LogP contribution in [0.1, 0.15) is 5.56 Å². The highest BCUT2D eigenvalue weighted by Gasteiger charge is 2.26. The Hall–Kier alpha value is -4.63. The Labute approximate surface area is 236 Å². The molecule has 0 atom stereocenters. The summed E-state index contributed by atoms with van der Waals surface area (Å²) in [5.74, 6) is -0.0435. The van der Waals surface area contributed by atoms with Gasteiger partial charge in [0.15, 0.2) is 0 Å². The van der Waals surface area contributed by atoms with E-state index in [4.69, 9.17) is 21.3 Å². The molecule has 10 heteroatoms. The Morgan fingerprint density at radius 2 is 1.65 bits per heavy atom. The van der Waals surface area contributed by atoms with E-state index in [0.717, 1.165) is 39.1 Å². The first-order valence-corrected chi connectivity index (χ1v) is 13.4. The summed E-state index contributed by atoms with van der Waals surface area (Å²) in [4.78, 5) is 41.7. The fraction of sp³-hybridized carbons (Fsp3) is 0.200. The maximum Gasteiger partial charge on any atom is 0.410 e. The van der Waals surface area contributed by atoms with Crippen LogP contribution in [-0.4, -0.2) is 67.5 Å². The van der Waals surface area contributed by atoms with Crippen molar-refractivity contribution in [1.29, 1.82) is 0 Å². The van der Waals surface area contributed by atoms with Gasteiger partial charge in [-0.25, -0.2) is 14.8 Å². The van der Waals surface area contributed by atoms with Gasteiger partial charge in [-0.05, 0) is 29.8 Å². The second-order valence-electron chi connectivity index (χ2n) is 9.58. The fourth-order valence-corrected chi connectivity index (χ4v) is 5.09. The SMILES string of the molecule is O=C(Cn1cnc(-c2ccc(Cl)cc2)c1-c1ccnc2[nH]ccc12)N1CCN(C(=O)OCc2ccccc2)CC1. The van der Waals surface area contributed by atoms with E-state index >= 15 is 0 Å². The highest BCUT2D eigenvalue weighted by atomic mass is 35.5. The van der Waals surface area contributed by atoms with Crippen LogP contribution < -0.4 is 0 Å². The highest BCUT2D eigenvalue weighted by Crippen LogP contribution is 2.35. The van der Waals surface area contributed by atoms with Gasteiger partial charge >= 0.3 is 6.09 Å². The van der Waals surface area contributed by atoms with Gasteiger partial charge in [0, 0.05) is 60.1 Å². The second-order valence-corrected chi connectivity index (χ2v) is 10.0. The topological polar surface area (TPSA) is 96.4 Å². The third kappa shape index (κ3) is 5.28. The number of nitrogens with one attached hydrogen (secondary N) is 1. The number of amides is 2. The summed E-state index contributed by atoms with van der Waals surface area (Å²) < 4.78 is 7.34. The van der Waals surface area contributed by atoms with Crippen LogP contribution in [0.5, 0.6) is 0 Å². The van der Waals surface area contributed by atoms with E-state index in [-0.39, 0.29) is 25.2 Å². The number of H-pyrrole nitrogens is 1. The van der Waals surface area contributed by atoms with Crippen molar-refractivity contribution in [3.8, 4) is 22.5 Å². The monoisotopic (exact) mass is 554 g/mol. The number of ether oxygens (including phenoxy) is 1. The number of pyridine rings is 1. The molecule has 202 valence electrons. The Balaban J connectivity index is 1.18. The van der Waals surface area contributed by atoms with Crippen molar-refractivity contribution in [2.45, 2.75) is 13.2 Å². The number of fused-ring (bicyclic) bond motifs is 1. The third-order valence-electron chi connectivity index (χ3n) is 7.07. The predicted octanol–water partition coefficient (Wildman–Crippen LogP) is 5.23. The van der Waals surface area contributed by atoms with Crippen LogP contribution in [0.15, 0.2) is 85.5 Å². The largest absolute Gasteiger partial charge is 0.445 e. The van der Waals surface area contributed by atoms with Gasteiger partial charge < -0.3 is 24.1 Å². The van der Waals surface area contributed by atoms with Crippen LogP contribution in [0.25, 0.3) is 33.5 Å². The van der Waals surface area contributed by atoms with Crippen molar-refractivity contribution in [2.75, 3.05) is 26.2 Å². The molecule has 1 saturated heterocycles. The average molecular weight is 555 g/mol. The second kappa shape index (κ2) is 11.2. The van der Waals surface area contributed by atoms with E-state index in [1.165, 1.54) is 0 Å². The van der Waals surface area contributed by atoms with Gasteiger partial charge in [0.2, 0.25) is 5.91 Å². The molecule has 1 aliphatic heterocycles. The molecular formula is C30H27ClN6O3. The van der Waals surface area contributed by atoms with Crippen LogP contribution in [-0.2, 0) is 22.7 Å². The maximum atomic E-state index is 13.4. The lowest BCUT2D eigenvalue weighted by molar-refractivity contribution is -0.133. The van der Waals surface area contributed by atoms with Crippen LogP contribution in [0.4, 0.5) is 4.79 Å². The molecule has 6 rings (SSSR count). The number of rotatable bonds is 6. The molecule has 0 bridgehead atoms. The Morgan fingerprint density at radius 1 is 0.900 bits per heavy atom. The summed E-state index contributed by atoms with van der Waals surface area (Å²) in [6, 6.07) is 21.0. The van der Waals surface area contributed by atoms with Crippen LogP contribution in [0.3, 0.4) is 0 Å². The molecule has 1 N–H and O–H groups in total. The lowest BCUT2D eigenvalue weighted by Gasteiger charge is -2.34. The standard InChI is InChI=1S/C30H27ClN6O3/c31-23-8-6-22(7-9-23)27-28(24-10-12-32-29-25(24)11-13-33-29)37(20-34-27)18-26(38)35-14-16-36(17-15-35)30(39)40-19-21-4-2-1-3-5-21/h1-13,20H,14-19H2,(H,32,33). The van der Waals surface area contributed by atoms with E-state index in [2.05, 4.69) is 9.97 Å². The minimum atomic E-state index is -0.367. The number of halogens is 1. The van der Waals surface area contributed by atoms with Crippen molar-refractivity contribution >= 4 is 34.6 Å². The summed E-state index contributed by atoms with van der Waals surface area (Å²) in [6.07, 6.45) is 4.93. The van der Waals surface area contributed by atoms with E-state index in [1.54, 1.807) is 22.3 Å². The zero-order valence-corrected chi connectivity index (χ0v) is 22.4. The van der Waals surface area contributed by atoms with Crippen molar-refractivity contribution in [1.82, 2.24) is 29.3 Å². The number of benzene rings is 2. The Morgan fingerprint density at radius 3 is 2.42 bits per heavy atom. The number of hydrogen-bond acceptors (Lipinski definition) is 5. The number of aromatic nitrogens is 4. The van der Waals surface area contributed by atoms with Crippen molar-refractivity contribution in [3.05, 3.63) is 96.0 Å². The van der Waals surface area contributed by atoms with E-state index in [0.29, 0.717) is 31.2 Å². The molecule has 1 aliphatic rings. The number of imidazole rings is 1. The smallest absolute Gasteiger partial charge is 0.410 e. The fourth-order valence-electron chi connectivity index (χ4n) is 4.97. The van der Waals surface area contributed by atoms with Crippen LogP contribution in [0, 0.1) is 0 Å². The van der Waals surface area contributed by atoms with Gasteiger partial charge in [-0.15, -0.1) is 0 Å². The molecule has 40 heavy (non-hydrogen) atoms. The van der Waals surface area contributed by atoms with Crippen LogP contribution >= 0.6 is 11.6 Å². The van der Waals surface area contributed by atoms with Gasteiger partial charge in [0.1, 0.15) is 18.8 Å². The van der Waals surface area contributed by atoms with Gasteiger partial charge in [-0.1, -0.05) is 54.1 Å². The molecular weight excluding hydrogens is 528 g/mol. The molecule has 1 fully saturated rings. The zero-order valence-electron chi connectivity index (χ0n) is 21.7.